The Kier molecular flexibility index (Phi) is 4.21. The highest BCUT2D eigenvalue weighted by Crippen LogP contribution is 2.25. The maximum absolute atomic E-state index is 11.7. The van der Waals surface area contributed by atoms with Crippen molar-refractivity contribution in [3.05, 3.63) is 29.3 Å². The molecule has 1 aliphatic carbocycles. The van der Waals surface area contributed by atoms with E-state index in [9.17, 15) is 4.79 Å². The lowest BCUT2D eigenvalue weighted by atomic mass is 9.90. The van der Waals surface area contributed by atoms with Crippen molar-refractivity contribution < 1.29 is 9.53 Å². The van der Waals surface area contributed by atoms with Crippen molar-refractivity contribution in [1.29, 1.82) is 0 Å². The maximum atomic E-state index is 11.7. The molecule has 2 rings (SSSR count). The number of hydrogen-bond donors (Lipinski definition) is 0. The normalized spacial score (nSPS) is 16.5. The van der Waals surface area contributed by atoms with Crippen LogP contribution in [0, 0.1) is 5.92 Å². The van der Waals surface area contributed by atoms with Gasteiger partial charge < -0.3 is 4.74 Å². The van der Waals surface area contributed by atoms with Crippen LogP contribution < -0.4 is 4.74 Å². The zero-order valence-corrected chi connectivity index (χ0v) is 11.6. The van der Waals surface area contributed by atoms with E-state index in [0.29, 0.717) is 18.9 Å². The topological polar surface area (TPSA) is 26.3 Å². The molecule has 0 amide bonds. The smallest absolute Gasteiger partial charge is 0.163 e. The molecule has 2 nitrogen and oxygen atoms in total. The van der Waals surface area contributed by atoms with Crippen LogP contribution in [0.25, 0.3) is 0 Å². The lowest BCUT2D eigenvalue weighted by Crippen LogP contribution is -2.12. The van der Waals surface area contributed by atoms with Gasteiger partial charge in [-0.3, -0.25) is 4.79 Å². The maximum Gasteiger partial charge on any atom is 0.163 e. The van der Waals surface area contributed by atoms with E-state index in [-0.39, 0.29) is 5.78 Å². The molecule has 0 saturated carbocycles. The number of ether oxygens (including phenoxy) is 1. The van der Waals surface area contributed by atoms with E-state index in [0.717, 1.165) is 35.0 Å². The molecule has 1 unspecified atom stereocenters. The van der Waals surface area contributed by atoms with Crippen molar-refractivity contribution in [2.45, 2.75) is 26.2 Å². The summed E-state index contributed by atoms with van der Waals surface area (Å²) in [6, 6.07) is 5.83. The molecule has 1 atom stereocenters. The minimum Gasteiger partial charge on any atom is -0.493 e. The fraction of sp³-hybridized carbons (Fsp3) is 0.500. The van der Waals surface area contributed by atoms with Gasteiger partial charge in [0.1, 0.15) is 5.75 Å². The van der Waals surface area contributed by atoms with Gasteiger partial charge in [-0.2, -0.15) is 0 Å². The molecule has 1 aromatic rings. The summed E-state index contributed by atoms with van der Waals surface area (Å²) in [5, 5.41) is 0.941. The van der Waals surface area contributed by atoms with Gasteiger partial charge in [0.15, 0.2) is 5.78 Å². The Hall–Kier alpha value is -0.830. The van der Waals surface area contributed by atoms with Crippen LogP contribution in [0.5, 0.6) is 5.75 Å². The highest BCUT2D eigenvalue weighted by atomic mass is 79.9. The van der Waals surface area contributed by atoms with Crippen LogP contribution in [0.1, 0.15) is 35.7 Å². The fourth-order valence-corrected chi connectivity index (χ4v) is 2.18. The van der Waals surface area contributed by atoms with E-state index in [1.165, 1.54) is 0 Å². The molecule has 0 heterocycles. The van der Waals surface area contributed by atoms with Gasteiger partial charge in [-0.05, 0) is 42.5 Å². The van der Waals surface area contributed by atoms with Gasteiger partial charge in [-0.1, -0.05) is 22.9 Å². The lowest BCUT2D eigenvalue weighted by Gasteiger charge is -2.16. The van der Waals surface area contributed by atoms with E-state index in [4.69, 9.17) is 4.74 Å². The first-order valence-corrected chi connectivity index (χ1v) is 7.17. The Morgan fingerprint density at radius 3 is 3.00 bits per heavy atom. The van der Waals surface area contributed by atoms with Crippen LogP contribution in [-0.2, 0) is 6.42 Å². The van der Waals surface area contributed by atoms with Crippen molar-refractivity contribution in [3.63, 3.8) is 0 Å². The van der Waals surface area contributed by atoms with E-state index < -0.39 is 0 Å². The molecule has 0 spiro atoms. The summed E-state index contributed by atoms with van der Waals surface area (Å²) in [4.78, 5) is 11.7. The molecule has 0 N–H and O–H groups in total. The van der Waals surface area contributed by atoms with Crippen LogP contribution in [0.2, 0.25) is 0 Å². The first-order chi connectivity index (χ1) is 8.20. The summed E-state index contributed by atoms with van der Waals surface area (Å²) in [5.74, 6) is 1.64. The minimum atomic E-state index is 0.270. The number of rotatable bonds is 4. The van der Waals surface area contributed by atoms with Crippen molar-refractivity contribution >= 4 is 21.7 Å². The minimum absolute atomic E-state index is 0.270. The number of alkyl halides is 1. The molecule has 92 valence electrons. The standard InChI is InChI=1S/C14H17BrO2/c1-10(8-15)9-17-12-5-6-13-11(7-12)3-2-4-14(13)16/h5-7,10H,2-4,8-9H2,1H3. The number of benzene rings is 1. The molecular formula is C14H17BrO2. The van der Waals surface area contributed by atoms with Gasteiger partial charge in [0.2, 0.25) is 0 Å². The van der Waals surface area contributed by atoms with Gasteiger partial charge in [0.05, 0.1) is 6.61 Å². The highest BCUT2D eigenvalue weighted by molar-refractivity contribution is 9.09. The van der Waals surface area contributed by atoms with Gasteiger partial charge in [0.25, 0.3) is 0 Å². The highest BCUT2D eigenvalue weighted by Gasteiger charge is 2.17. The third-order valence-electron chi connectivity index (χ3n) is 3.02. The Labute approximate surface area is 110 Å². The molecule has 0 aliphatic heterocycles. The summed E-state index contributed by atoms with van der Waals surface area (Å²) in [5.41, 5.74) is 2.03. The lowest BCUT2D eigenvalue weighted by molar-refractivity contribution is 0.0972. The van der Waals surface area contributed by atoms with Crippen molar-refractivity contribution in [2.24, 2.45) is 5.92 Å². The predicted molar refractivity (Wildman–Crippen MR) is 72.2 cm³/mol. The van der Waals surface area contributed by atoms with Gasteiger partial charge in [-0.15, -0.1) is 0 Å². The van der Waals surface area contributed by atoms with Gasteiger partial charge in [0, 0.05) is 17.3 Å². The third kappa shape index (κ3) is 3.09. The number of aryl methyl sites for hydroxylation is 1. The van der Waals surface area contributed by atoms with Crippen LogP contribution in [0.3, 0.4) is 0 Å². The van der Waals surface area contributed by atoms with E-state index >= 15 is 0 Å². The number of carbonyl (C=O) groups excluding carboxylic acids is 1. The zero-order chi connectivity index (χ0) is 12.3. The number of hydrogen-bond acceptors (Lipinski definition) is 2. The monoisotopic (exact) mass is 296 g/mol. The quantitative estimate of drug-likeness (QED) is 0.794. The van der Waals surface area contributed by atoms with Crippen LogP contribution >= 0.6 is 15.9 Å². The average molecular weight is 297 g/mol. The van der Waals surface area contributed by atoms with Crippen molar-refractivity contribution in [2.75, 3.05) is 11.9 Å². The first kappa shape index (κ1) is 12.6. The molecule has 17 heavy (non-hydrogen) atoms. The van der Waals surface area contributed by atoms with Crippen molar-refractivity contribution in [3.8, 4) is 5.75 Å². The molecule has 1 aliphatic rings. The molecule has 3 heteroatoms. The summed E-state index contributed by atoms with van der Waals surface area (Å²) < 4.78 is 5.72. The summed E-state index contributed by atoms with van der Waals surface area (Å²) >= 11 is 3.43. The third-order valence-corrected chi connectivity index (χ3v) is 4.13. The number of halogens is 1. The van der Waals surface area contributed by atoms with Crippen LogP contribution in [0.4, 0.5) is 0 Å². The second kappa shape index (κ2) is 5.67. The van der Waals surface area contributed by atoms with Crippen LogP contribution in [-0.4, -0.2) is 17.7 Å². The molecular weight excluding hydrogens is 280 g/mol. The predicted octanol–water partition coefficient (Wildman–Crippen LogP) is 3.62. The van der Waals surface area contributed by atoms with Gasteiger partial charge >= 0.3 is 0 Å². The molecule has 1 aromatic carbocycles. The molecule has 0 aromatic heterocycles. The first-order valence-electron chi connectivity index (χ1n) is 6.05. The number of ketones is 1. The fourth-order valence-electron chi connectivity index (χ4n) is 2.00. The van der Waals surface area contributed by atoms with Crippen molar-refractivity contribution in [1.82, 2.24) is 0 Å². The Bertz CT molecular complexity index is 415. The SMILES string of the molecule is CC(CBr)COc1ccc2c(c1)CCCC2=O. The zero-order valence-electron chi connectivity index (χ0n) is 10.0. The number of carbonyl (C=O) groups is 1. The summed E-state index contributed by atoms with van der Waals surface area (Å²) in [6.07, 6.45) is 2.65. The van der Waals surface area contributed by atoms with E-state index in [1.807, 2.05) is 18.2 Å². The molecule has 0 saturated heterocycles. The Morgan fingerprint density at radius 1 is 1.41 bits per heavy atom. The average Bonchev–Trinajstić information content (AvgIpc) is 2.36. The molecule has 0 radical (unpaired) electrons. The second-order valence-electron chi connectivity index (χ2n) is 4.67. The van der Waals surface area contributed by atoms with Gasteiger partial charge in [-0.25, -0.2) is 0 Å². The van der Waals surface area contributed by atoms with E-state index in [2.05, 4.69) is 22.9 Å². The second-order valence-corrected chi connectivity index (χ2v) is 5.31. The summed E-state index contributed by atoms with van der Waals surface area (Å²) in [6.45, 7) is 2.84. The van der Waals surface area contributed by atoms with E-state index in [1.54, 1.807) is 0 Å². The van der Waals surface area contributed by atoms with Crippen LogP contribution in [0.15, 0.2) is 18.2 Å². The number of fused-ring (bicyclic) bond motifs is 1. The molecule has 0 bridgehead atoms. The summed E-state index contributed by atoms with van der Waals surface area (Å²) in [7, 11) is 0. The number of Topliss-reactive ketones (excluding diaryl/α,β-unsaturated/α-hetero) is 1. The Morgan fingerprint density at radius 2 is 2.24 bits per heavy atom. The largest absolute Gasteiger partial charge is 0.493 e. The Balaban J connectivity index is 2.08. The molecule has 0 fully saturated rings.